The molecule has 2 amide bonds. The third-order valence-electron chi connectivity index (χ3n) is 6.55. The highest BCUT2D eigenvalue weighted by Gasteiger charge is 2.68. The van der Waals surface area contributed by atoms with Gasteiger partial charge in [-0.25, -0.2) is 13.7 Å². The maximum Gasteiger partial charge on any atom is 0.244 e. The average Bonchev–Trinajstić information content (AvgIpc) is 3.35. The Kier molecular flexibility index (Phi) is 4.10. The van der Waals surface area contributed by atoms with Gasteiger partial charge >= 0.3 is 0 Å². The summed E-state index contributed by atoms with van der Waals surface area (Å²) in [6.07, 6.45) is 1.60. The Labute approximate surface area is 165 Å². The number of amides is 2. The summed E-state index contributed by atoms with van der Waals surface area (Å²) in [6, 6.07) is 10.1. The van der Waals surface area contributed by atoms with Crippen molar-refractivity contribution in [2.24, 2.45) is 11.8 Å². The van der Waals surface area contributed by atoms with E-state index >= 15 is 0 Å². The smallest absolute Gasteiger partial charge is 0.244 e. The fraction of sp³-hybridized carbons (Fsp3) is 0.318. The van der Waals surface area contributed by atoms with Crippen LogP contribution in [0.25, 0.3) is 0 Å². The summed E-state index contributed by atoms with van der Waals surface area (Å²) in [4.78, 5) is 41.7. The molecule has 0 radical (unpaired) electrons. The molecule has 0 aromatic heterocycles. The molecule has 5 atom stereocenters. The first-order valence-corrected chi connectivity index (χ1v) is 9.77. The number of halogens is 2. The fourth-order valence-electron chi connectivity index (χ4n) is 5.41. The molecule has 0 bridgehead atoms. The van der Waals surface area contributed by atoms with Gasteiger partial charge in [-0.1, -0.05) is 12.1 Å². The van der Waals surface area contributed by atoms with Crippen LogP contribution in [-0.2, 0) is 9.59 Å². The fourth-order valence-corrected chi connectivity index (χ4v) is 5.41. The van der Waals surface area contributed by atoms with Crippen molar-refractivity contribution >= 4 is 23.3 Å². The van der Waals surface area contributed by atoms with Gasteiger partial charge in [0.25, 0.3) is 0 Å². The molecule has 2 aromatic rings. The lowest BCUT2D eigenvalue weighted by molar-refractivity contribution is -0.915. The Balaban J connectivity index is 1.56. The first-order chi connectivity index (χ1) is 14.0. The van der Waals surface area contributed by atoms with Crippen molar-refractivity contribution in [2.75, 3.05) is 11.4 Å². The molecule has 3 aliphatic heterocycles. The van der Waals surface area contributed by atoms with E-state index in [-0.39, 0.29) is 17.5 Å². The Morgan fingerprint density at radius 2 is 1.66 bits per heavy atom. The normalized spacial score (nSPS) is 30.6. The van der Waals surface area contributed by atoms with Gasteiger partial charge in [-0.3, -0.25) is 14.4 Å². The van der Waals surface area contributed by atoms with E-state index in [2.05, 4.69) is 0 Å². The summed E-state index contributed by atoms with van der Waals surface area (Å²) < 4.78 is 27.6. The van der Waals surface area contributed by atoms with Gasteiger partial charge in [-0.05, 0) is 36.4 Å². The molecule has 3 aliphatic rings. The van der Waals surface area contributed by atoms with Crippen molar-refractivity contribution in [3.63, 3.8) is 0 Å². The van der Waals surface area contributed by atoms with Crippen molar-refractivity contribution in [1.29, 1.82) is 0 Å². The first kappa shape index (κ1) is 18.1. The van der Waals surface area contributed by atoms with Crippen molar-refractivity contribution < 1.29 is 28.1 Å². The van der Waals surface area contributed by atoms with E-state index in [1.165, 1.54) is 42.5 Å². The maximum atomic E-state index is 14.3. The van der Waals surface area contributed by atoms with Crippen LogP contribution >= 0.6 is 0 Å². The second-order valence-electron chi connectivity index (χ2n) is 7.94. The number of hydrogen-bond acceptors (Lipinski definition) is 3. The standard InChI is InChI=1S/C22H18F2N2O3/c23-13-9-7-12(8-10-13)20(27)19-18-17(16-6-3-11-25(16)19)21(28)26(22(18)29)15-5-2-1-4-14(15)24/h1-2,4-5,7-10,16-19H,3,6,11H2/p+1/t16-,17-,18-,19+/m1/s1. The molecule has 0 spiro atoms. The topological polar surface area (TPSA) is 58.9 Å². The van der Waals surface area contributed by atoms with Crippen LogP contribution in [0.5, 0.6) is 0 Å². The minimum Gasteiger partial charge on any atom is -0.322 e. The molecule has 2 aromatic carbocycles. The third kappa shape index (κ3) is 2.57. The number of quaternary nitrogens is 1. The van der Waals surface area contributed by atoms with Gasteiger partial charge in [0.1, 0.15) is 29.5 Å². The van der Waals surface area contributed by atoms with Crippen LogP contribution in [0.3, 0.4) is 0 Å². The number of Topliss-reactive ketones (excluding diaryl/α,β-unsaturated/α-hetero) is 1. The van der Waals surface area contributed by atoms with Crippen LogP contribution in [0.15, 0.2) is 48.5 Å². The van der Waals surface area contributed by atoms with Gasteiger partial charge in [0.2, 0.25) is 17.6 Å². The predicted octanol–water partition coefficient (Wildman–Crippen LogP) is 1.38. The van der Waals surface area contributed by atoms with Crippen molar-refractivity contribution in [3.05, 3.63) is 65.7 Å². The van der Waals surface area contributed by atoms with E-state index < -0.39 is 41.3 Å². The number of hydrogen-bond donors (Lipinski definition) is 1. The molecule has 0 aliphatic carbocycles. The highest BCUT2D eigenvalue weighted by atomic mass is 19.1. The number of rotatable bonds is 3. The minimum absolute atomic E-state index is 0.0653. The highest BCUT2D eigenvalue weighted by molar-refractivity contribution is 6.24. The lowest BCUT2D eigenvalue weighted by Gasteiger charge is -2.25. The molecule has 3 saturated heterocycles. The van der Waals surface area contributed by atoms with E-state index in [0.29, 0.717) is 12.1 Å². The number of fused-ring (bicyclic) bond motifs is 3. The number of imide groups is 1. The summed E-state index contributed by atoms with van der Waals surface area (Å²) in [6.45, 7) is 0.704. The number of benzene rings is 2. The lowest BCUT2D eigenvalue weighted by atomic mass is 9.85. The first-order valence-electron chi connectivity index (χ1n) is 9.77. The Morgan fingerprint density at radius 1 is 0.966 bits per heavy atom. The Hall–Kier alpha value is -2.93. The van der Waals surface area contributed by atoms with Crippen molar-refractivity contribution in [3.8, 4) is 0 Å². The minimum atomic E-state index is -0.819. The highest BCUT2D eigenvalue weighted by Crippen LogP contribution is 2.41. The molecule has 3 heterocycles. The monoisotopic (exact) mass is 397 g/mol. The number of anilines is 1. The molecule has 5 rings (SSSR count). The van der Waals surface area contributed by atoms with Gasteiger partial charge < -0.3 is 4.90 Å². The maximum absolute atomic E-state index is 14.3. The van der Waals surface area contributed by atoms with Crippen LogP contribution in [0.1, 0.15) is 23.2 Å². The summed E-state index contributed by atoms with van der Waals surface area (Å²) in [5.74, 6) is -3.76. The van der Waals surface area contributed by atoms with Crippen LogP contribution in [-0.4, -0.2) is 36.2 Å². The molecule has 5 nitrogen and oxygen atoms in total. The van der Waals surface area contributed by atoms with Crippen LogP contribution < -0.4 is 9.80 Å². The largest absolute Gasteiger partial charge is 0.322 e. The molecule has 3 fully saturated rings. The van der Waals surface area contributed by atoms with Gasteiger partial charge in [0.05, 0.1) is 12.2 Å². The Morgan fingerprint density at radius 3 is 2.38 bits per heavy atom. The van der Waals surface area contributed by atoms with Gasteiger partial charge in [0, 0.05) is 18.4 Å². The molecule has 1 N–H and O–H groups in total. The number of para-hydroxylation sites is 1. The predicted molar refractivity (Wildman–Crippen MR) is 99.2 cm³/mol. The SMILES string of the molecule is O=C(c1ccc(F)cc1)[C@@H]1[C@@H]2C(=O)N(c3ccccc3F)C(=O)[C@@H]2[C@H]2CCC[NH+]21. The zero-order chi connectivity index (χ0) is 20.3. The molecular formula is C22H19F2N2O3+. The average molecular weight is 397 g/mol. The van der Waals surface area contributed by atoms with Crippen molar-refractivity contribution in [1.82, 2.24) is 0 Å². The summed E-state index contributed by atoms with van der Waals surface area (Å²) in [7, 11) is 0. The molecule has 1 unspecified atom stereocenters. The summed E-state index contributed by atoms with van der Waals surface area (Å²) in [5.41, 5.74) is 0.254. The third-order valence-corrected chi connectivity index (χ3v) is 6.55. The van der Waals surface area contributed by atoms with Crippen LogP contribution in [0.4, 0.5) is 14.5 Å². The van der Waals surface area contributed by atoms with Crippen LogP contribution in [0.2, 0.25) is 0 Å². The number of carbonyl (C=O) groups is 3. The van der Waals surface area contributed by atoms with Gasteiger partial charge in [-0.15, -0.1) is 0 Å². The number of carbonyl (C=O) groups excluding carboxylic acids is 3. The summed E-state index contributed by atoms with van der Waals surface area (Å²) >= 11 is 0. The van der Waals surface area contributed by atoms with Gasteiger partial charge in [-0.2, -0.15) is 0 Å². The molecule has 148 valence electrons. The van der Waals surface area contributed by atoms with E-state index in [9.17, 15) is 23.2 Å². The quantitative estimate of drug-likeness (QED) is 0.629. The molecule has 7 heteroatoms. The van der Waals surface area contributed by atoms with E-state index in [4.69, 9.17) is 0 Å². The molecular weight excluding hydrogens is 378 g/mol. The lowest BCUT2D eigenvalue weighted by Crippen LogP contribution is -3.16. The van der Waals surface area contributed by atoms with E-state index in [0.717, 1.165) is 22.6 Å². The number of ketones is 1. The van der Waals surface area contributed by atoms with E-state index in [1.807, 2.05) is 0 Å². The van der Waals surface area contributed by atoms with Crippen LogP contribution in [0, 0.1) is 23.5 Å². The number of nitrogens with one attached hydrogen (secondary N) is 1. The second kappa shape index (κ2) is 6.56. The summed E-state index contributed by atoms with van der Waals surface area (Å²) in [5, 5.41) is 0. The van der Waals surface area contributed by atoms with E-state index in [1.54, 1.807) is 6.07 Å². The zero-order valence-corrected chi connectivity index (χ0v) is 15.5. The molecule has 0 saturated carbocycles. The second-order valence-corrected chi connectivity index (χ2v) is 7.94. The number of nitrogens with zero attached hydrogens (tertiary/aromatic N) is 1. The van der Waals surface area contributed by atoms with Crippen molar-refractivity contribution in [2.45, 2.75) is 24.9 Å². The Bertz CT molecular complexity index is 1020. The van der Waals surface area contributed by atoms with Gasteiger partial charge in [0.15, 0.2) is 6.04 Å². The molecule has 29 heavy (non-hydrogen) atoms. The zero-order valence-electron chi connectivity index (χ0n) is 15.5.